The topological polar surface area (TPSA) is 115 Å². The number of aliphatic imine (C=N–C) groups is 1. The predicted molar refractivity (Wildman–Crippen MR) is 123 cm³/mol. The number of hydrogen-bond acceptors (Lipinski definition) is 7. The molecule has 0 radical (unpaired) electrons. The number of carbonyl (C=O) groups is 1. The van der Waals surface area contributed by atoms with Crippen molar-refractivity contribution in [1.82, 2.24) is 15.5 Å². The molecule has 2 aromatic rings. The lowest BCUT2D eigenvalue weighted by Crippen LogP contribution is -2.26. The van der Waals surface area contributed by atoms with E-state index in [1.165, 1.54) is 18.2 Å². The fourth-order valence-corrected chi connectivity index (χ4v) is 4.46. The average Bonchev–Trinajstić information content (AvgIpc) is 3.34. The number of nitrogens with zero attached hydrogens (tertiary/aromatic N) is 3. The molecule has 32 heavy (non-hydrogen) atoms. The summed E-state index contributed by atoms with van der Waals surface area (Å²) in [5.74, 6) is 0.386. The van der Waals surface area contributed by atoms with E-state index in [1.807, 2.05) is 30.3 Å². The van der Waals surface area contributed by atoms with Crippen molar-refractivity contribution in [2.24, 2.45) is 4.99 Å². The van der Waals surface area contributed by atoms with Gasteiger partial charge in [-0.1, -0.05) is 42.5 Å². The fraction of sp³-hybridized carbons (Fsp3) is 0.261. The molecule has 3 rings (SSSR count). The second-order valence-corrected chi connectivity index (χ2v) is 9.23. The van der Waals surface area contributed by atoms with Crippen LogP contribution >= 0.6 is 0 Å². The maximum atomic E-state index is 12.4. The Hall–Kier alpha value is -3.48. The molecule has 0 spiro atoms. The van der Waals surface area contributed by atoms with Gasteiger partial charge in [0.05, 0.1) is 17.0 Å². The summed E-state index contributed by atoms with van der Waals surface area (Å²) < 4.78 is 24.8. The lowest BCUT2D eigenvalue weighted by molar-refractivity contribution is -0.125. The molecule has 8 nitrogen and oxygen atoms in total. The first-order valence-corrected chi connectivity index (χ1v) is 11.8. The number of hydrogen-bond donors (Lipinski definition) is 2. The van der Waals surface area contributed by atoms with Crippen molar-refractivity contribution in [2.45, 2.75) is 11.4 Å². The van der Waals surface area contributed by atoms with Crippen molar-refractivity contribution in [3.63, 3.8) is 0 Å². The van der Waals surface area contributed by atoms with Crippen LogP contribution in [0, 0.1) is 11.3 Å². The first kappa shape index (κ1) is 23.2. The lowest BCUT2D eigenvalue weighted by Gasteiger charge is -2.15. The Morgan fingerprint density at radius 3 is 2.69 bits per heavy atom. The normalized spacial score (nSPS) is 13.4. The number of amides is 1. The molecule has 0 aromatic heterocycles. The number of benzene rings is 2. The minimum absolute atomic E-state index is 0.00316. The molecule has 1 heterocycles. The third-order valence-corrected chi connectivity index (χ3v) is 6.47. The van der Waals surface area contributed by atoms with Gasteiger partial charge in [0.1, 0.15) is 17.8 Å². The van der Waals surface area contributed by atoms with Gasteiger partial charge in [-0.15, -0.1) is 0 Å². The third-order valence-electron chi connectivity index (χ3n) is 4.85. The second-order valence-electron chi connectivity index (χ2n) is 7.27. The molecular weight excluding hydrogens is 426 g/mol. The van der Waals surface area contributed by atoms with E-state index in [1.54, 1.807) is 30.2 Å². The highest BCUT2D eigenvalue weighted by molar-refractivity contribution is 7.91. The van der Waals surface area contributed by atoms with Crippen molar-refractivity contribution < 1.29 is 13.2 Å². The summed E-state index contributed by atoms with van der Waals surface area (Å²) in [6.07, 6.45) is 2.99. The first-order chi connectivity index (χ1) is 15.4. The van der Waals surface area contributed by atoms with E-state index < -0.39 is 9.84 Å². The molecule has 166 valence electrons. The Morgan fingerprint density at radius 2 is 2.00 bits per heavy atom. The SMILES string of the molecule is CN(Cc1ccc(C2=NCCN2)cc1)C(=O)/C=C/CNCS(=O)(=O)c1ccccc1C#N. The van der Waals surface area contributed by atoms with Crippen LogP contribution in [0.2, 0.25) is 0 Å². The van der Waals surface area contributed by atoms with Gasteiger partial charge in [0.15, 0.2) is 9.84 Å². The van der Waals surface area contributed by atoms with Crippen molar-refractivity contribution in [1.29, 1.82) is 5.26 Å². The minimum atomic E-state index is -3.65. The summed E-state index contributed by atoms with van der Waals surface area (Å²) in [4.78, 5) is 18.3. The van der Waals surface area contributed by atoms with Crippen molar-refractivity contribution in [3.05, 3.63) is 77.4 Å². The van der Waals surface area contributed by atoms with Crippen LogP contribution in [0.5, 0.6) is 0 Å². The third kappa shape index (κ3) is 6.03. The van der Waals surface area contributed by atoms with Crippen LogP contribution < -0.4 is 10.6 Å². The highest BCUT2D eigenvalue weighted by Crippen LogP contribution is 2.15. The summed E-state index contributed by atoms with van der Waals surface area (Å²) in [5.41, 5.74) is 2.14. The molecule has 1 aliphatic rings. The fourth-order valence-electron chi connectivity index (χ4n) is 3.18. The summed E-state index contributed by atoms with van der Waals surface area (Å²) >= 11 is 0. The molecule has 0 atom stereocenters. The zero-order chi connectivity index (χ0) is 23.0. The van der Waals surface area contributed by atoms with E-state index >= 15 is 0 Å². The molecule has 2 N–H and O–H groups in total. The second kappa shape index (κ2) is 10.7. The van der Waals surface area contributed by atoms with Crippen LogP contribution in [0.1, 0.15) is 16.7 Å². The van der Waals surface area contributed by atoms with Crippen LogP contribution in [0.15, 0.2) is 70.6 Å². The largest absolute Gasteiger partial charge is 0.368 e. The van der Waals surface area contributed by atoms with Gasteiger partial charge in [-0.05, 0) is 17.7 Å². The van der Waals surface area contributed by atoms with E-state index in [9.17, 15) is 13.2 Å². The molecular formula is C23H25N5O3S. The van der Waals surface area contributed by atoms with Crippen LogP contribution in [-0.4, -0.2) is 57.6 Å². The number of amidine groups is 1. The number of sulfone groups is 1. The van der Waals surface area contributed by atoms with Crippen molar-refractivity contribution in [3.8, 4) is 6.07 Å². The molecule has 0 saturated carbocycles. The van der Waals surface area contributed by atoms with Crippen LogP contribution in [0.25, 0.3) is 0 Å². The molecule has 1 amide bonds. The number of nitrogens with one attached hydrogen (secondary N) is 2. The Kier molecular flexibility index (Phi) is 7.76. The zero-order valence-corrected chi connectivity index (χ0v) is 18.6. The van der Waals surface area contributed by atoms with Crippen molar-refractivity contribution in [2.75, 3.05) is 32.6 Å². The smallest absolute Gasteiger partial charge is 0.246 e. The van der Waals surface area contributed by atoms with E-state index in [0.29, 0.717) is 6.54 Å². The summed E-state index contributed by atoms with van der Waals surface area (Å²) in [6.45, 7) is 2.30. The highest BCUT2D eigenvalue weighted by atomic mass is 32.2. The highest BCUT2D eigenvalue weighted by Gasteiger charge is 2.17. The van der Waals surface area contributed by atoms with E-state index in [2.05, 4.69) is 15.6 Å². The predicted octanol–water partition coefficient (Wildman–Crippen LogP) is 1.44. The first-order valence-electron chi connectivity index (χ1n) is 10.1. The summed E-state index contributed by atoms with van der Waals surface area (Å²) in [7, 11) is -1.94. The summed E-state index contributed by atoms with van der Waals surface area (Å²) in [5, 5.41) is 15.1. The molecule has 0 saturated heterocycles. The zero-order valence-electron chi connectivity index (χ0n) is 17.8. The van der Waals surface area contributed by atoms with E-state index in [-0.39, 0.29) is 28.8 Å². The monoisotopic (exact) mass is 451 g/mol. The lowest BCUT2D eigenvalue weighted by atomic mass is 10.1. The maximum Gasteiger partial charge on any atom is 0.246 e. The van der Waals surface area contributed by atoms with Crippen LogP contribution in [-0.2, 0) is 21.2 Å². The Morgan fingerprint density at radius 1 is 1.25 bits per heavy atom. The van der Waals surface area contributed by atoms with Gasteiger partial charge in [-0.2, -0.15) is 5.26 Å². The van der Waals surface area contributed by atoms with Crippen LogP contribution in [0.4, 0.5) is 0 Å². The van der Waals surface area contributed by atoms with Gasteiger partial charge < -0.3 is 10.2 Å². The molecule has 2 aromatic carbocycles. The number of carbonyl (C=O) groups excluding carboxylic acids is 1. The maximum absolute atomic E-state index is 12.4. The van der Waals surface area contributed by atoms with Gasteiger partial charge >= 0.3 is 0 Å². The van der Waals surface area contributed by atoms with Crippen LogP contribution in [0.3, 0.4) is 0 Å². The van der Waals surface area contributed by atoms with Crippen molar-refractivity contribution >= 4 is 21.6 Å². The quantitative estimate of drug-likeness (QED) is 0.440. The van der Waals surface area contributed by atoms with Gasteiger partial charge in [0.25, 0.3) is 0 Å². The Bertz CT molecular complexity index is 1160. The Labute approximate surface area is 188 Å². The van der Waals surface area contributed by atoms with Gasteiger partial charge in [0.2, 0.25) is 5.91 Å². The molecule has 0 unspecified atom stereocenters. The number of likely N-dealkylation sites (N-methyl/N-ethyl adjacent to an activating group) is 1. The average molecular weight is 452 g/mol. The van der Waals surface area contributed by atoms with E-state index in [0.717, 1.165) is 30.1 Å². The standard InChI is InChI=1S/C23H25N5O3S/c1-28(16-18-8-10-19(11-9-18)23-26-13-14-27-23)22(29)7-4-12-25-17-32(30,31)21-6-3-2-5-20(21)15-24/h2-11,25H,12-14,16-17H2,1H3,(H,26,27)/b7-4+. The van der Waals surface area contributed by atoms with Gasteiger partial charge in [-0.3, -0.25) is 15.1 Å². The van der Waals surface area contributed by atoms with E-state index in [4.69, 9.17) is 5.26 Å². The molecule has 0 fully saturated rings. The minimum Gasteiger partial charge on any atom is -0.368 e. The van der Waals surface area contributed by atoms with Gasteiger partial charge in [-0.25, -0.2) is 8.42 Å². The number of rotatable bonds is 9. The molecule has 0 aliphatic carbocycles. The summed E-state index contributed by atoms with van der Waals surface area (Å²) in [6, 6.07) is 15.9. The number of nitriles is 1. The Balaban J connectivity index is 1.46. The molecule has 1 aliphatic heterocycles. The molecule has 9 heteroatoms. The molecule has 0 bridgehead atoms. The van der Waals surface area contributed by atoms with Gasteiger partial charge in [0, 0.05) is 38.3 Å².